The first-order chi connectivity index (χ1) is 18.3. The molecule has 37 heavy (non-hydrogen) atoms. The van der Waals surface area contributed by atoms with Crippen LogP contribution in [-0.4, -0.2) is 9.97 Å². The Labute approximate surface area is 219 Å². The molecule has 0 radical (unpaired) electrons. The van der Waals surface area contributed by atoms with E-state index in [9.17, 15) is 0 Å². The number of rotatable bonds is 4. The molecule has 0 aliphatic rings. The normalized spacial score (nSPS) is 11.4. The van der Waals surface area contributed by atoms with Crippen LogP contribution in [0.25, 0.3) is 54.8 Å². The SMILES string of the molecule is c1ccc(Sc2cccc3cc4ccc5ncnc(-c6ccc(-c7ccccc7)cc6)c5c4cc23)cc1. The molecule has 0 aliphatic heterocycles. The van der Waals surface area contributed by atoms with Gasteiger partial charge in [-0.3, -0.25) is 0 Å². The Morgan fingerprint density at radius 2 is 1.19 bits per heavy atom. The van der Waals surface area contributed by atoms with Gasteiger partial charge in [-0.25, -0.2) is 9.97 Å². The molecule has 174 valence electrons. The smallest absolute Gasteiger partial charge is 0.116 e. The predicted molar refractivity (Wildman–Crippen MR) is 156 cm³/mol. The number of aromatic nitrogens is 2. The lowest BCUT2D eigenvalue weighted by Crippen LogP contribution is -1.91. The van der Waals surface area contributed by atoms with Crippen LogP contribution in [0.1, 0.15) is 0 Å². The van der Waals surface area contributed by atoms with Gasteiger partial charge in [0.2, 0.25) is 0 Å². The van der Waals surface area contributed by atoms with Gasteiger partial charge in [0.15, 0.2) is 0 Å². The highest BCUT2D eigenvalue weighted by Crippen LogP contribution is 2.39. The first kappa shape index (κ1) is 21.8. The molecular weight excluding hydrogens is 468 g/mol. The Balaban J connectivity index is 1.42. The summed E-state index contributed by atoms with van der Waals surface area (Å²) in [6.07, 6.45) is 1.67. The highest BCUT2D eigenvalue weighted by atomic mass is 32.2. The summed E-state index contributed by atoms with van der Waals surface area (Å²) in [6, 6.07) is 45.1. The maximum atomic E-state index is 4.78. The van der Waals surface area contributed by atoms with Crippen molar-refractivity contribution in [3.05, 3.63) is 134 Å². The molecule has 0 fully saturated rings. The van der Waals surface area contributed by atoms with Crippen molar-refractivity contribution in [2.45, 2.75) is 9.79 Å². The zero-order valence-corrected chi connectivity index (χ0v) is 20.8. The number of benzene rings is 6. The first-order valence-electron chi connectivity index (χ1n) is 12.3. The topological polar surface area (TPSA) is 25.8 Å². The third-order valence-corrected chi connectivity index (χ3v) is 7.90. The average molecular weight is 491 g/mol. The lowest BCUT2D eigenvalue weighted by molar-refractivity contribution is 1.23. The van der Waals surface area contributed by atoms with E-state index in [1.807, 2.05) is 6.07 Å². The van der Waals surface area contributed by atoms with Crippen LogP contribution < -0.4 is 0 Å². The monoisotopic (exact) mass is 490 g/mol. The van der Waals surface area contributed by atoms with E-state index in [0.29, 0.717) is 0 Å². The second-order valence-electron chi connectivity index (χ2n) is 9.09. The summed E-state index contributed by atoms with van der Waals surface area (Å²) in [5.74, 6) is 0. The number of nitrogens with zero attached hydrogens (tertiary/aromatic N) is 2. The predicted octanol–water partition coefficient (Wildman–Crippen LogP) is 9.42. The molecular formula is C34H22N2S. The van der Waals surface area contributed by atoms with Gasteiger partial charge in [-0.1, -0.05) is 103 Å². The minimum absolute atomic E-state index is 0.956. The number of hydrogen-bond donors (Lipinski definition) is 0. The molecule has 0 saturated heterocycles. The standard InChI is InChI=1S/C34H22N2S/c1-3-8-23(9-4-1)24-14-16-25(17-15-24)34-33-30-21-29-26(20-27(30)18-19-31(33)35-22-36-34)10-7-13-32(29)37-28-11-5-2-6-12-28/h1-22H. The second-order valence-corrected chi connectivity index (χ2v) is 10.2. The molecule has 0 spiro atoms. The lowest BCUT2D eigenvalue weighted by atomic mass is 9.96. The molecule has 7 rings (SSSR count). The van der Waals surface area contributed by atoms with Crippen LogP contribution in [-0.2, 0) is 0 Å². The molecule has 0 amide bonds. The van der Waals surface area contributed by atoms with Crippen molar-refractivity contribution in [3.8, 4) is 22.4 Å². The van der Waals surface area contributed by atoms with E-state index in [1.165, 1.54) is 42.5 Å². The van der Waals surface area contributed by atoms with Crippen LogP contribution in [0.15, 0.2) is 144 Å². The van der Waals surface area contributed by atoms with Gasteiger partial charge >= 0.3 is 0 Å². The van der Waals surface area contributed by atoms with Gasteiger partial charge < -0.3 is 0 Å². The van der Waals surface area contributed by atoms with E-state index in [4.69, 9.17) is 4.98 Å². The largest absolute Gasteiger partial charge is 0.236 e. The highest BCUT2D eigenvalue weighted by Gasteiger charge is 2.13. The molecule has 0 aliphatic carbocycles. The molecule has 0 N–H and O–H groups in total. The van der Waals surface area contributed by atoms with Crippen molar-refractivity contribution in [3.63, 3.8) is 0 Å². The lowest BCUT2D eigenvalue weighted by Gasteiger charge is -2.12. The van der Waals surface area contributed by atoms with Crippen LogP contribution in [0, 0.1) is 0 Å². The van der Waals surface area contributed by atoms with Gasteiger partial charge in [-0.15, -0.1) is 0 Å². The summed E-state index contributed by atoms with van der Waals surface area (Å²) in [5, 5.41) is 5.94. The number of fused-ring (bicyclic) bond motifs is 4. The fourth-order valence-corrected chi connectivity index (χ4v) is 5.98. The van der Waals surface area contributed by atoms with Crippen molar-refractivity contribution >= 4 is 44.2 Å². The molecule has 2 nitrogen and oxygen atoms in total. The van der Waals surface area contributed by atoms with Gasteiger partial charge in [-0.2, -0.15) is 0 Å². The molecule has 7 aromatic rings. The summed E-state index contributed by atoms with van der Waals surface area (Å²) in [7, 11) is 0. The highest BCUT2D eigenvalue weighted by molar-refractivity contribution is 7.99. The van der Waals surface area contributed by atoms with E-state index in [1.54, 1.807) is 18.1 Å². The van der Waals surface area contributed by atoms with Crippen molar-refractivity contribution in [1.29, 1.82) is 0 Å². The van der Waals surface area contributed by atoms with Crippen LogP contribution in [0.2, 0.25) is 0 Å². The Bertz CT molecular complexity index is 1880. The van der Waals surface area contributed by atoms with Gasteiger partial charge in [0.1, 0.15) is 6.33 Å². The van der Waals surface area contributed by atoms with E-state index in [0.717, 1.165) is 22.2 Å². The number of hydrogen-bond acceptors (Lipinski definition) is 3. The van der Waals surface area contributed by atoms with Crippen LogP contribution in [0.4, 0.5) is 0 Å². The van der Waals surface area contributed by atoms with E-state index < -0.39 is 0 Å². The van der Waals surface area contributed by atoms with Crippen molar-refractivity contribution in [2.24, 2.45) is 0 Å². The molecule has 1 heterocycles. The summed E-state index contributed by atoms with van der Waals surface area (Å²) in [5.41, 5.74) is 5.41. The molecule has 6 aromatic carbocycles. The third-order valence-electron chi connectivity index (χ3n) is 6.81. The average Bonchev–Trinajstić information content (AvgIpc) is 2.97. The molecule has 0 saturated carbocycles. The Hall–Kier alpha value is -4.47. The molecule has 0 unspecified atom stereocenters. The third kappa shape index (κ3) is 4.04. The maximum absolute atomic E-state index is 4.78. The van der Waals surface area contributed by atoms with Gasteiger partial charge in [-0.05, 0) is 69.1 Å². The van der Waals surface area contributed by atoms with Crippen LogP contribution in [0.5, 0.6) is 0 Å². The van der Waals surface area contributed by atoms with Gasteiger partial charge in [0.25, 0.3) is 0 Å². The van der Waals surface area contributed by atoms with Crippen molar-refractivity contribution in [1.82, 2.24) is 9.97 Å². The Morgan fingerprint density at radius 1 is 0.486 bits per heavy atom. The van der Waals surface area contributed by atoms with Crippen LogP contribution >= 0.6 is 11.8 Å². The molecule has 3 heteroatoms. The summed E-state index contributed by atoms with van der Waals surface area (Å²) in [6.45, 7) is 0. The molecule has 1 aromatic heterocycles. The van der Waals surface area contributed by atoms with E-state index in [2.05, 4.69) is 126 Å². The quantitative estimate of drug-likeness (QED) is 0.181. The first-order valence-corrected chi connectivity index (χ1v) is 13.1. The second kappa shape index (κ2) is 9.20. The zero-order chi connectivity index (χ0) is 24.6. The minimum Gasteiger partial charge on any atom is -0.236 e. The Morgan fingerprint density at radius 3 is 2.00 bits per heavy atom. The maximum Gasteiger partial charge on any atom is 0.116 e. The Kier molecular flexibility index (Phi) is 5.41. The van der Waals surface area contributed by atoms with Gasteiger partial charge in [0.05, 0.1) is 11.2 Å². The van der Waals surface area contributed by atoms with Gasteiger partial charge in [0, 0.05) is 20.7 Å². The summed E-state index contributed by atoms with van der Waals surface area (Å²) in [4.78, 5) is 11.9. The molecule has 0 bridgehead atoms. The van der Waals surface area contributed by atoms with Crippen molar-refractivity contribution < 1.29 is 0 Å². The van der Waals surface area contributed by atoms with E-state index >= 15 is 0 Å². The van der Waals surface area contributed by atoms with Crippen LogP contribution in [0.3, 0.4) is 0 Å². The van der Waals surface area contributed by atoms with E-state index in [-0.39, 0.29) is 0 Å². The summed E-state index contributed by atoms with van der Waals surface area (Å²) >= 11 is 1.80. The fraction of sp³-hybridized carbons (Fsp3) is 0. The minimum atomic E-state index is 0.956. The molecule has 0 atom stereocenters. The van der Waals surface area contributed by atoms with Crippen molar-refractivity contribution in [2.75, 3.05) is 0 Å². The fourth-order valence-electron chi connectivity index (χ4n) is 5.00. The zero-order valence-electron chi connectivity index (χ0n) is 20.0. The summed E-state index contributed by atoms with van der Waals surface area (Å²) < 4.78 is 0.